The van der Waals surface area contributed by atoms with E-state index in [2.05, 4.69) is 44.2 Å². The van der Waals surface area contributed by atoms with Crippen molar-refractivity contribution < 1.29 is 4.74 Å². The van der Waals surface area contributed by atoms with Crippen molar-refractivity contribution in [3.63, 3.8) is 0 Å². The van der Waals surface area contributed by atoms with Gasteiger partial charge in [0.15, 0.2) is 0 Å². The molecule has 1 unspecified atom stereocenters. The minimum absolute atomic E-state index is 0.210. The molecule has 1 atom stereocenters. The van der Waals surface area contributed by atoms with Gasteiger partial charge in [0.05, 0.1) is 18.1 Å². The average molecular weight is 273 g/mol. The van der Waals surface area contributed by atoms with E-state index in [4.69, 9.17) is 10.00 Å². The summed E-state index contributed by atoms with van der Waals surface area (Å²) in [5.41, 5.74) is 1.16. The van der Waals surface area contributed by atoms with Crippen molar-refractivity contribution >= 4 is 0 Å². The Bertz CT molecular complexity index is 428. The molecule has 0 spiro atoms. The maximum Gasteiger partial charge on any atom is 0.119 e. The maximum absolute atomic E-state index is 8.94. The summed E-state index contributed by atoms with van der Waals surface area (Å²) in [6.07, 6.45) is 4.12. The summed E-state index contributed by atoms with van der Waals surface area (Å²) in [6, 6.07) is 10.8. The van der Waals surface area contributed by atoms with Gasteiger partial charge in [-0.05, 0) is 63.1 Å². The second kappa shape index (κ2) is 7.94. The van der Waals surface area contributed by atoms with Crippen LogP contribution in [0.2, 0.25) is 0 Å². The van der Waals surface area contributed by atoms with Crippen LogP contribution in [0.5, 0.6) is 5.75 Å². The Morgan fingerprint density at radius 1 is 1.20 bits per heavy atom. The summed E-state index contributed by atoms with van der Waals surface area (Å²) < 4.78 is 5.74. The quantitative estimate of drug-likeness (QED) is 0.602. The molecule has 0 N–H and O–H groups in total. The molecule has 0 heterocycles. The third-order valence-electron chi connectivity index (χ3n) is 3.83. The summed E-state index contributed by atoms with van der Waals surface area (Å²) in [5.74, 6) is 1.55. The molecule has 0 bridgehead atoms. The normalized spacial score (nSPS) is 12.8. The van der Waals surface area contributed by atoms with Crippen molar-refractivity contribution in [1.29, 1.82) is 5.26 Å². The molecule has 2 nitrogen and oxygen atoms in total. The number of rotatable bonds is 8. The van der Waals surface area contributed by atoms with E-state index in [0.29, 0.717) is 5.92 Å². The van der Waals surface area contributed by atoms with Crippen LogP contribution in [0, 0.1) is 16.7 Å². The van der Waals surface area contributed by atoms with Crippen molar-refractivity contribution in [1.82, 2.24) is 0 Å². The van der Waals surface area contributed by atoms with Crippen LogP contribution in [0.3, 0.4) is 0 Å². The highest BCUT2D eigenvalue weighted by molar-refractivity contribution is 5.29. The van der Waals surface area contributed by atoms with Gasteiger partial charge in [0.25, 0.3) is 0 Å². The van der Waals surface area contributed by atoms with Crippen molar-refractivity contribution in [2.24, 2.45) is 5.41 Å². The summed E-state index contributed by atoms with van der Waals surface area (Å²) in [5, 5.41) is 8.94. The summed E-state index contributed by atoms with van der Waals surface area (Å²) in [6.45, 7) is 9.15. The maximum atomic E-state index is 8.94. The molecule has 0 saturated carbocycles. The Labute approximate surface area is 123 Å². The fourth-order valence-electron chi connectivity index (χ4n) is 2.04. The van der Waals surface area contributed by atoms with Crippen LogP contribution < -0.4 is 4.74 Å². The van der Waals surface area contributed by atoms with Crippen LogP contribution in [-0.2, 0) is 0 Å². The van der Waals surface area contributed by atoms with Crippen LogP contribution in [-0.4, -0.2) is 6.61 Å². The molecule has 0 amide bonds. The first-order chi connectivity index (χ1) is 9.48. The summed E-state index contributed by atoms with van der Waals surface area (Å²) in [7, 11) is 0. The Morgan fingerprint density at radius 2 is 1.85 bits per heavy atom. The Kier molecular flexibility index (Phi) is 6.58. The predicted molar refractivity (Wildman–Crippen MR) is 83.9 cm³/mol. The van der Waals surface area contributed by atoms with Gasteiger partial charge in [-0.15, -0.1) is 0 Å². The lowest BCUT2D eigenvalue weighted by Crippen LogP contribution is -2.08. The molecule has 0 radical (unpaired) electrons. The fraction of sp³-hybridized carbons (Fsp3) is 0.611. The molecule has 1 aromatic carbocycles. The Morgan fingerprint density at radius 3 is 2.40 bits per heavy atom. The average Bonchev–Trinajstić information content (AvgIpc) is 2.46. The highest BCUT2D eigenvalue weighted by Crippen LogP contribution is 2.23. The number of nitriles is 1. The topological polar surface area (TPSA) is 33.0 Å². The number of hydrogen-bond acceptors (Lipinski definition) is 2. The van der Waals surface area contributed by atoms with Crippen molar-refractivity contribution in [3.05, 3.63) is 29.8 Å². The van der Waals surface area contributed by atoms with Gasteiger partial charge < -0.3 is 4.74 Å². The molecule has 110 valence electrons. The fourth-order valence-corrected chi connectivity index (χ4v) is 2.04. The highest BCUT2D eigenvalue weighted by atomic mass is 16.5. The minimum Gasteiger partial charge on any atom is -0.494 e. The van der Waals surface area contributed by atoms with E-state index in [1.165, 1.54) is 5.56 Å². The molecule has 0 aliphatic carbocycles. The Balaban J connectivity index is 2.28. The van der Waals surface area contributed by atoms with Crippen LogP contribution in [0.15, 0.2) is 24.3 Å². The summed E-state index contributed by atoms with van der Waals surface area (Å²) >= 11 is 0. The molecule has 1 aromatic rings. The molecule has 0 fully saturated rings. The number of hydrogen-bond donors (Lipinski definition) is 0. The first-order valence-corrected chi connectivity index (χ1v) is 7.62. The second-order valence-electron chi connectivity index (χ2n) is 6.18. The molecule has 2 heteroatoms. The Hall–Kier alpha value is -1.49. The molecule has 0 aromatic heterocycles. The zero-order valence-electron chi connectivity index (χ0n) is 13.3. The van der Waals surface area contributed by atoms with Gasteiger partial charge in [-0.1, -0.05) is 26.0 Å². The molecule has 0 saturated heterocycles. The van der Waals surface area contributed by atoms with E-state index >= 15 is 0 Å². The van der Waals surface area contributed by atoms with Gasteiger partial charge in [-0.3, -0.25) is 0 Å². The zero-order chi connectivity index (χ0) is 15.0. The monoisotopic (exact) mass is 273 g/mol. The van der Waals surface area contributed by atoms with E-state index in [9.17, 15) is 0 Å². The highest BCUT2D eigenvalue weighted by Gasteiger charge is 2.15. The third kappa shape index (κ3) is 5.65. The number of benzene rings is 1. The lowest BCUT2D eigenvalue weighted by Gasteiger charge is -2.14. The first kappa shape index (κ1) is 16.6. The van der Waals surface area contributed by atoms with Crippen LogP contribution in [0.4, 0.5) is 0 Å². The zero-order valence-corrected chi connectivity index (χ0v) is 13.3. The predicted octanol–water partition coefficient (Wildman–Crippen LogP) is 5.30. The SMILES string of the molecule is CCC(C)c1ccc(OCCCCC(C)(C)C#N)cc1. The van der Waals surface area contributed by atoms with E-state index in [1.807, 2.05) is 13.8 Å². The molecule has 0 aliphatic rings. The van der Waals surface area contributed by atoms with Gasteiger partial charge in [-0.2, -0.15) is 5.26 Å². The lowest BCUT2D eigenvalue weighted by atomic mass is 9.89. The van der Waals surface area contributed by atoms with Crippen LogP contribution in [0.1, 0.15) is 64.9 Å². The number of unbranched alkanes of at least 4 members (excludes halogenated alkanes) is 1. The van der Waals surface area contributed by atoms with Gasteiger partial charge in [0, 0.05) is 0 Å². The van der Waals surface area contributed by atoms with Crippen molar-refractivity contribution in [3.8, 4) is 11.8 Å². The van der Waals surface area contributed by atoms with Crippen molar-refractivity contribution in [2.45, 2.75) is 59.3 Å². The minimum atomic E-state index is -0.210. The smallest absolute Gasteiger partial charge is 0.119 e. The van der Waals surface area contributed by atoms with Gasteiger partial charge in [-0.25, -0.2) is 0 Å². The largest absolute Gasteiger partial charge is 0.494 e. The molecule has 1 rings (SSSR count). The molecular weight excluding hydrogens is 246 g/mol. The van der Waals surface area contributed by atoms with Gasteiger partial charge in [0.2, 0.25) is 0 Å². The van der Waals surface area contributed by atoms with Crippen LogP contribution in [0.25, 0.3) is 0 Å². The van der Waals surface area contributed by atoms with Crippen LogP contribution >= 0.6 is 0 Å². The van der Waals surface area contributed by atoms with E-state index in [0.717, 1.165) is 38.0 Å². The standard InChI is InChI=1S/C18H27NO/c1-5-15(2)16-8-10-17(11-9-16)20-13-7-6-12-18(3,4)14-19/h8-11,15H,5-7,12-13H2,1-4H3. The van der Waals surface area contributed by atoms with Gasteiger partial charge >= 0.3 is 0 Å². The first-order valence-electron chi connectivity index (χ1n) is 7.62. The molecular formula is C18H27NO. The molecule has 0 aliphatic heterocycles. The van der Waals surface area contributed by atoms with Crippen molar-refractivity contribution in [2.75, 3.05) is 6.61 Å². The van der Waals surface area contributed by atoms with E-state index in [-0.39, 0.29) is 5.41 Å². The number of ether oxygens (including phenoxy) is 1. The van der Waals surface area contributed by atoms with E-state index < -0.39 is 0 Å². The van der Waals surface area contributed by atoms with E-state index in [1.54, 1.807) is 0 Å². The van der Waals surface area contributed by atoms with Gasteiger partial charge in [0.1, 0.15) is 5.75 Å². The second-order valence-corrected chi connectivity index (χ2v) is 6.18. The summed E-state index contributed by atoms with van der Waals surface area (Å²) in [4.78, 5) is 0. The third-order valence-corrected chi connectivity index (χ3v) is 3.83. The lowest BCUT2D eigenvalue weighted by molar-refractivity contribution is 0.295. The molecule has 20 heavy (non-hydrogen) atoms. The number of nitrogens with zero attached hydrogens (tertiary/aromatic N) is 1.